The third-order valence-electron chi connectivity index (χ3n) is 4.23. The second-order valence-corrected chi connectivity index (χ2v) is 5.76. The number of halogens is 1. The summed E-state index contributed by atoms with van der Waals surface area (Å²) < 4.78 is 15.7. The zero-order valence-corrected chi connectivity index (χ0v) is 12.3. The predicted octanol–water partition coefficient (Wildman–Crippen LogP) is 4.01. The number of imidazole rings is 1. The molecule has 4 heteroatoms. The highest BCUT2D eigenvalue weighted by Crippen LogP contribution is 2.21. The van der Waals surface area contributed by atoms with E-state index in [-0.39, 0.29) is 5.82 Å². The van der Waals surface area contributed by atoms with Gasteiger partial charge in [-0.3, -0.25) is 0 Å². The van der Waals surface area contributed by atoms with E-state index in [0.29, 0.717) is 12.5 Å². The van der Waals surface area contributed by atoms with E-state index < -0.39 is 0 Å². The topological polar surface area (TPSA) is 29.9 Å². The van der Waals surface area contributed by atoms with Gasteiger partial charge < -0.3 is 9.88 Å². The van der Waals surface area contributed by atoms with Crippen molar-refractivity contribution in [1.82, 2.24) is 9.55 Å². The Bertz CT molecular complexity index is 573. The van der Waals surface area contributed by atoms with E-state index in [1.807, 2.05) is 24.5 Å². The molecule has 0 atom stereocenters. The molecule has 0 bridgehead atoms. The van der Waals surface area contributed by atoms with Crippen molar-refractivity contribution in [3.63, 3.8) is 0 Å². The third kappa shape index (κ3) is 3.63. The average molecular weight is 287 g/mol. The molecule has 0 radical (unpaired) electrons. The first-order valence-corrected chi connectivity index (χ1v) is 7.84. The van der Waals surface area contributed by atoms with E-state index >= 15 is 0 Å². The maximum absolute atomic E-state index is 13.7. The number of nitrogens with one attached hydrogen (secondary N) is 1. The molecule has 1 aliphatic carbocycles. The van der Waals surface area contributed by atoms with Gasteiger partial charge in [-0.15, -0.1) is 0 Å². The normalized spacial score (nSPS) is 16.0. The molecule has 0 saturated heterocycles. The summed E-state index contributed by atoms with van der Waals surface area (Å²) in [6.45, 7) is 0.746. The minimum atomic E-state index is -0.126. The molecule has 1 N–H and O–H groups in total. The number of aromatic nitrogens is 2. The Balaban J connectivity index is 1.61. The Labute approximate surface area is 125 Å². The molecule has 3 rings (SSSR count). The van der Waals surface area contributed by atoms with E-state index in [9.17, 15) is 4.39 Å². The van der Waals surface area contributed by atoms with E-state index in [4.69, 9.17) is 0 Å². The van der Waals surface area contributed by atoms with Crippen LogP contribution >= 0.6 is 0 Å². The fourth-order valence-corrected chi connectivity index (χ4v) is 3.00. The van der Waals surface area contributed by atoms with Gasteiger partial charge in [0, 0.05) is 25.0 Å². The van der Waals surface area contributed by atoms with Crippen LogP contribution in [0, 0.1) is 5.82 Å². The van der Waals surface area contributed by atoms with Crippen LogP contribution in [0.15, 0.2) is 36.7 Å². The lowest BCUT2D eigenvalue weighted by Gasteiger charge is -2.23. The molecular weight excluding hydrogens is 265 g/mol. The minimum Gasteiger partial charge on any atom is -0.353 e. The lowest BCUT2D eigenvalue weighted by Crippen LogP contribution is -2.24. The molecule has 1 fully saturated rings. The molecule has 0 spiro atoms. The molecule has 0 amide bonds. The fraction of sp³-hybridized carbons (Fsp3) is 0.471. The molecule has 1 aromatic carbocycles. The first kappa shape index (κ1) is 14.1. The van der Waals surface area contributed by atoms with Crippen LogP contribution in [0.25, 0.3) is 0 Å². The summed E-state index contributed by atoms with van der Waals surface area (Å²) in [6, 6.07) is 7.51. The van der Waals surface area contributed by atoms with Gasteiger partial charge in [0.2, 0.25) is 5.95 Å². The summed E-state index contributed by atoms with van der Waals surface area (Å²) in [6.07, 6.45) is 10.8. The predicted molar refractivity (Wildman–Crippen MR) is 82.8 cm³/mol. The molecule has 1 aliphatic rings. The van der Waals surface area contributed by atoms with Crippen molar-refractivity contribution < 1.29 is 4.39 Å². The Kier molecular flexibility index (Phi) is 4.53. The zero-order valence-electron chi connectivity index (χ0n) is 12.3. The van der Waals surface area contributed by atoms with E-state index in [1.165, 1.54) is 38.2 Å². The molecule has 1 saturated carbocycles. The first-order chi connectivity index (χ1) is 10.3. The quantitative estimate of drug-likeness (QED) is 0.900. The van der Waals surface area contributed by atoms with Crippen LogP contribution < -0.4 is 5.32 Å². The largest absolute Gasteiger partial charge is 0.353 e. The maximum atomic E-state index is 13.7. The highest BCUT2D eigenvalue weighted by Gasteiger charge is 2.15. The SMILES string of the molecule is Fc1ccccc1CCn1ccnc1NC1CCCCC1. The molecule has 0 unspecified atom stereocenters. The van der Waals surface area contributed by atoms with Crippen molar-refractivity contribution in [2.45, 2.75) is 51.1 Å². The van der Waals surface area contributed by atoms with Gasteiger partial charge in [0.15, 0.2) is 0 Å². The standard InChI is InChI=1S/C17H22FN3/c18-16-9-5-4-6-14(16)10-12-21-13-11-19-17(21)20-15-7-2-1-3-8-15/h4-6,9,11,13,15H,1-3,7-8,10,12H2,(H,19,20). The number of anilines is 1. The fourth-order valence-electron chi connectivity index (χ4n) is 3.00. The number of hydrogen-bond donors (Lipinski definition) is 1. The van der Waals surface area contributed by atoms with E-state index in [2.05, 4.69) is 14.9 Å². The van der Waals surface area contributed by atoms with Crippen LogP contribution in [0.4, 0.5) is 10.3 Å². The van der Waals surface area contributed by atoms with Crippen molar-refractivity contribution in [3.8, 4) is 0 Å². The molecule has 1 aromatic heterocycles. The van der Waals surface area contributed by atoms with Gasteiger partial charge in [-0.25, -0.2) is 9.37 Å². The van der Waals surface area contributed by atoms with Crippen molar-refractivity contribution in [1.29, 1.82) is 0 Å². The molecule has 21 heavy (non-hydrogen) atoms. The van der Waals surface area contributed by atoms with Crippen LogP contribution in [-0.4, -0.2) is 15.6 Å². The lowest BCUT2D eigenvalue weighted by atomic mass is 9.96. The van der Waals surface area contributed by atoms with Crippen molar-refractivity contribution in [2.75, 3.05) is 5.32 Å². The molecule has 3 nitrogen and oxygen atoms in total. The minimum absolute atomic E-state index is 0.126. The highest BCUT2D eigenvalue weighted by molar-refractivity contribution is 5.28. The molecule has 1 heterocycles. The van der Waals surface area contributed by atoms with Gasteiger partial charge in [-0.05, 0) is 30.9 Å². The summed E-state index contributed by atoms with van der Waals surface area (Å²) in [5.41, 5.74) is 0.759. The van der Waals surface area contributed by atoms with E-state index in [0.717, 1.165) is 18.1 Å². The van der Waals surface area contributed by atoms with Gasteiger partial charge in [0.1, 0.15) is 5.82 Å². The number of nitrogens with zero attached hydrogens (tertiary/aromatic N) is 2. The third-order valence-corrected chi connectivity index (χ3v) is 4.23. The lowest BCUT2D eigenvalue weighted by molar-refractivity contribution is 0.458. The smallest absolute Gasteiger partial charge is 0.202 e. The first-order valence-electron chi connectivity index (χ1n) is 7.84. The molecule has 0 aliphatic heterocycles. The van der Waals surface area contributed by atoms with Crippen LogP contribution in [-0.2, 0) is 13.0 Å². The Morgan fingerprint density at radius 1 is 1.19 bits per heavy atom. The van der Waals surface area contributed by atoms with Crippen LogP contribution in [0.5, 0.6) is 0 Å². The number of rotatable bonds is 5. The molecular formula is C17H22FN3. The second kappa shape index (κ2) is 6.74. The van der Waals surface area contributed by atoms with Crippen molar-refractivity contribution in [2.24, 2.45) is 0 Å². The maximum Gasteiger partial charge on any atom is 0.202 e. The summed E-state index contributed by atoms with van der Waals surface area (Å²) in [4.78, 5) is 4.40. The van der Waals surface area contributed by atoms with Crippen LogP contribution in [0.1, 0.15) is 37.7 Å². The Morgan fingerprint density at radius 2 is 2.00 bits per heavy atom. The summed E-state index contributed by atoms with van der Waals surface area (Å²) in [5, 5.41) is 3.54. The second-order valence-electron chi connectivity index (χ2n) is 5.76. The Hall–Kier alpha value is -1.84. The Morgan fingerprint density at radius 3 is 2.81 bits per heavy atom. The van der Waals surface area contributed by atoms with Crippen LogP contribution in [0.3, 0.4) is 0 Å². The van der Waals surface area contributed by atoms with Gasteiger partial charge >= 0.3 is 0 Å². The number of benzene rings is 1. The summed E-state index contributed by atoms with van der Waals surface area (Å²) in [5.74, 6) is 0.789. The molecule has 112 valence electrons. The van der Waals surface area contributed by atoms with Gasteiger partial charge in [-0.2, -0.15) is 0 Å². The number of aryl methyl sites for hydroxylation is 2. The van der Waals surface area contributed by atoms with Crippen LogP contribution in [0.2, 0.25) is 0 Å². The molecule has 2 aromatic rings. The summed E-state index contributed by atoms with van der Waals surface area (Å²) >= 11 is 0. The van der Waals surface area contributed by atoms with Gasteiger partial charge in [0.25, 0.3) is 0 Å². The summed E-state index contributed by atoms with van der Waals surface area (Å²) in [7, 11) is 0. The van der Waals surface area contributed by atoms with Crippen molar-refractivity contribution >= 4 is 5.95 Å². The zero-order chi connectivity index (χ0) is 14.5. The van der Waals surface area contributed by atoms with Gasteiger partial charge in [0.05, 0.1) is 0 Å². The van der Waals surface area contributed by atoms with Crippen molar-refractivity contribution in [3.05, 3.63) is 48.0 Å². The van der Waals surface area contributed by atoms with E-state index in [1.54, 1.807) is 6.07 Å². The van der Waals surface area contributed by atoms with Gasteiger partial charge in [-0.1, -0.05) is 37.5 Å². The monoisotopic (exact) mass is 287 g/mol. The average Bonchev–Trinajstić information content (AvgIpc) is 2.95. The number of hydrogen-bond acceptors (Lipinski definition) is 2. The highest BCUT2D eigenvalue weighted by atomic mass is 19.1.